The van der Waals surface area contributed by atoms with Crippen LogP contribution in [0.25, 0.3) is 0 Å². The van der Waals surface area contributed by atoms with Gasteiger partial charge >= 0.3 is 0 Å². The monoisotopic (exact) mass is 325 g/mol. The van der Waals surface area contributed by atoms with Gasteiger partial charge in [0.05, 0.1) is 6.10 Å². The molecule has 3 rings (SSSR count). The van der Waals surface area contributed by atoms with Crippen LogP contribution in [0.1, 0.15) is 34.3 Å². The maximum atomic E-state index is 13.0. The van der Waals surface area contributed by atoms with Crippen LogP contribution in [-0.4, -0.2) is 35.2 Å². The van der Waals surface area contributed by atoms with E-state index in [4.69, 9.17) is 4.74 Å². The third kappa shape index (κ3) is 3.95. The molecule has 0 bridgehead atoms. The van der Waals surface area contributed by atoms with E-state index in [1.165, 1.54) is 0 Å². The van der Waals surface area contributed by atoms with E-state index in [1.807, 2.05) is 43.3 Å². The van der Waals surface area contributed by atoms with E-state index in [-0.39, 0.29) is 17.8 Å². The highest BCUT2D eigenvalue weighted by molar-refractivity contribution is 5.94. The van der Waals surface area contributed by atoms with Crippen LogP contribution < -0.4 is 0 Å². The second kappa shape index (κ2) is 7.49. The Bertz CT molecular complexity index is 708. The summed E-state index contributed by atoms with van der Waals surface area (Å²) in [6.07, 6.45) is 2.08. The van der Waals surface area contributed by atoms with Crippen molar-refractivity contribution < 1.29 is 14.6 Å². The molecule has 1 heterocycles. The summed E-state index contributed by atoms with van der Waals surface area (Å²) in [4.78, 5) is 14.8. The van der Waals surface area contributed by atoms with Gasteiger partial charge < -0.3 is 14.7 Å². The van der Waals surface area contributed by atoms with Crippen molar-refractivity contribution in [3.63, 3.8) is 0 Å². The van der Waals surface area contributed by atoms with Gasteiger partial charge in [0.15, 0.2) is 0 Å². The first-order valence-corrected chi connectivity index (χ1v) is 8.38. The molecule has 1 saturated heterocycles. The predicted octanol–water partition coefficient (Wildman–Crippen LogP) is 3.52. The van der Waals surface area contributed by atoms with E-state index in [2.05, 4.69) is 0 Å². The Kier molecular flexibility index (Phi) is 5.16. The second-order valence-corrected chi connectivity index (χ2v) is 6.32. The molecule has 2 aromatic rings. The Morgan fingerprint density at radius 3 is 2.79 bits per heavy atom. The van der Waals surface area contributed by atoms with Gasteiger partial charge in [0, 0.05) is 30.8 Å². The number of aromatic hydroxyl groups is 1. The zero-order valence-electron chi connectivity index (χ0n) is 13.9. The van der Waals surface area contributed by atoms with Crippen LogP contribution in [0.2, 0.25) is 0 Å². The molecule has 1 unspecified atom stereocenters. The van der Waals surface area contributed by atoms with Crippen molar-refractivity contribution in [2.45, 2.75) is 32.4 Å². The molecule has 1 amide bonds. The van der Waals surface area contributed by atoms with E-state index < -0.39 is 0 Å². The van der Waals surface area contributed by atoms with Gasteiger partial charge in [0.1, 0.15) is 5.75 Å². The van der Waals surface area contributed by atoms with Gasteiger partial charge in [-0.15, -0.1) is 0 Å². The van der Waals surface area contributed by atoms with Crippen LogP contribution in [0.5, 0.6) is 5.75 Å². The van der Waals surface area contributed by atoms with Gasteiger partial charge in [0.2, 0.25) is 0 Å². The molecule has 0 aromatic heterocycles. The van der Waals surface area contributed by atoms with Crippen molar-refractivity contribution in [1.82, 2.24) is 4.90 Å². The predicted molar refractivity (Wildman–Crippen MR) is 93.0 cm³/mol. The zero-order valence-corrected chi connectivity index (χ0v) is 13.9. The van der Waals surface area contributed by atoms with Crippen LogP contribution in [0, 0.1) is 6.92 Å². The molecule has 4 nitrogen and oxygen atoms in total. The Morgan fingerprint density at radius 2 is 2.08 bits per heavy atom. The second-order valence-electron chi connectivity index (χ2n) is 6.32. The highest BCUT2D eigenvalue weighted by Crippen LogP contribution is 2.22. The smallest absolute Gasteiger partial charge is 0.254 e. The Labute approximate surface area is 142 Å². The number of rotatable bonds is 5. The first kappa shape index (κ1) is 16.5. The summed E-state index contributed by atoms with van der Waals surface area (Å²) in [5, 5.41) is 10.0. The van der Waals surface area contributed by atoms with Crippen molar-refractivity contribution in [3.8, 4) is 5.75 Å². The molecule has 1 aliphatic heterocycles. The number of benzene rings is 2. The van der Waals surface area contributed by atoms with Crippen molar-refractivity contribution in [1.29, 1.82) is 0 Å². The van der Waals surface area contributed by atoms with Crippen LogP contribution >= 0.6 is 0 Å². The molecule has 2 aromatic carbocycles. The van der Waals surface area contributed by atoms with E-state index in [0.717, 1.165) is 30.6 Å². The number of nitrogens with zero attached hydrogens (tertiary/aromatic N) is 1. The summed E-state index contributed by atoms with van der Waals surface area (Å²) >= 11 is 0. The number of phenols is 1. The lowest BCUT2D eigenvalue weighted by Gasteiger charge is -2.26. The number of hydrogen-bond acceptors (Lipinski definition) is 3. The summed E-state index contributed by atoms with van der Waals surface area (Å²) in [6, 6.07) is 14.8. The molecule has 24 heavy (non-hydrogen) atoms. The van der Waals surface area contributed by atoms with Crippen molar-refractivity contribution in [2.75, 3.05) is 13.2 Å². The molecule has 0 aliphatic carbocycles. The van der Waals surface area contributed by atoms with E-state index in [1.54, 1.807) is 17.0 Å². The van der Waals surface area contributed by atoms with Gasteiger partial charge in [-0.1, -0.05) is 35.9 Å². The van der Waals surface area contributed by atoms with Gasteiger partial charge in [-0.3, -0.25) is 4.79 Å². The number of para-hydroxylation sites is 1. The summed E-state index contributed by atoms with van der Waals surface area (Å²) < 4.78 is 5.70. The lowest BCUT2D eigenvalue weighted by molar-refractivity contribution is 0.0506. The lowest BCUT2D eigenvalue weighted by Crippen LogP contribution is -2.37. The molecule has 1 aliphatic rings. The molecule has 1 atom stereocenters. The van der Waals surface area contributed by atoms with Crippen molar-refractivity contribution in [2.24, 2.45) is 0 Å². The minimum Gasteiger partial charge on any atom is -0.508 e. The van der Waals surface area contributed by atoms with Crippen molar-refractivity contribution in [3.05, 3.63) is 65.2 Å². The third-order valence-corrected chi connectivity index (χ3v) is 4.35. The highest BCUT2D eigenvalue weighted by atomic mass is 16.5. The molecule has 0 saturated carbocycles. The molecule has 0 spiro atoms. The number of amides is 1. The Balaban J connectivity index is 1.83. The largest absolute Gasteiger partial charge is 0.508 e. The summed E-state index contributed by atoms with van der Waals surface area (Å²) in [5.41, 5.74) is 2.47. The minimum atomic E-state index is -0.0301. The number of phenolic OH excluding ortho intramolecular Hbond substituents is 1. The quantitative estimate of drug-likeness (QED) is 0.915. The lowest BCUT2D eigenvalue weighted by atomic mass is 10.1. The first-order valence-electron chi connectivity index (χ1n) is 8.38. The van der Waals surface area contributed by atoms with E-state index >= 15 is 0 Å². The molecule has 4 heteroatoms. The number of aryl methyl sites for hydroxylation is 1. The average Bonchev–Trinajstić information content (AvgIpc) is 3.08. The Hall–Kier alpha value is -2.33. The fourth-order valence-electron chi connectivity index (χ4n) is 3.06. The van der Waals surface area contributed by atoms with Crippen LogP contribution in [-0.2, 0) is 11.3 Å². The normalized spacial score (nSPS) is 17.0. The standard InChI is InChI=1S/C20H23NO3/c1-15-6-4-8-16(12-15)20(23)21(14-18-9-5-11-24-18)13-17-7-2-3-10-19(17)22/h2-4,6-8,10,12,18,22H,5,9,11,13-14H2,1H3. The van der Waals surface area contributed by atoms with Gasteiger partial charge in [-0.25, -0.2) is 0 Å². The van der Waals surface area contributed by atoms with Crippen LogP contribution in [0.4, 0.5) is 0 Å². The third-order valence-electron chi connectivity index (χ3n) is 4.35. The number of hydrogen-bond donors (Lipinski definition) is 1. The van der Waals surface area contributed by atoms with Crippen LogP contribution in [0.3, 0.4) is 0 Å². The molecule has 126 valence electrons. The Morgan fingerprint density at radius 1 is 1.25 bits per heavy atom. The summed E-state index contributed by atoms with van der Waals surface area (Å²) in [7, 11) is 0. The SMILES string of the molecule is Cc1cccc(C(=O)N(Cc2ccccc2O)CC2CCCO2)c1. The number of carbonyl (C=O) groups excluding carboxylic acids is 1. The molecule has 1 fully saturated rings. The molecular formula is C20H23NO3. The fraction of sp³-hybridized carbons (Fsp3) is 0.350. The highest BCUT2D eigenvalue weighted by Gasteiger charge is 2.24. The summed E-state index contributed by atoms with van der Waals surface area (Å²) in [6.45, 7) is 3.65. The number of carbonyl (C=O) groups is 1. The van der Waals surface area contributed by atoms with E-state index in [9.17, 15) is 9.90 Å². The number of ether oxygens (including phenoxy) is 1. The average molecular weight is 325 g/mol. The molecular weight excluding hydrogens is 302 g/mol. The van der Waals surface area contributed by atoms with Gasteiger partial charge in [-0.2, -0.15) is 0 Å². The van der Waals surface area contributed by atoms with Gasteiger partial charge in [0.25, 0.3) is 5.91 Å². The van der Waals surface area contributed by atoms with E-state index in [0.29, 0.717) is 18.7 Å². The zero-order chi connectivity index (χ0) is 16.9. The fourth-order valence-corrected chi connectivity index (χ4v) is 3.06. The minimum absolute atomic E-state index is 0.0301. The summed E-state index contributed by atoms with van der Waals surface area (Å²) in [5.74, 6) is 0.185. The molecule has 1 N–H and O–H groups in total. The van der Waals surface area contributed by atoms with Crippen molar-refractivity contribution >= 4 is 5.91 Å². The molecule has 0 radical (unpaired) electrons. The van der Waals surface area contributed by atoms with Gasteiger partial charge in [-0.05, 0) is 38.0 Å². The maximum Gasteiger partial charge on any atom is 0.254 e. The van der Waals surface area contributed by atoms with Crippen LogP contribution in [0.15, 0.2) is 48.5 Å². The first-order chi connectivity index (χ1) is 11.6. The maximum absolute atomic E-state index is 13.0. The topological polar surface area (TPSA) is 49.8 Å².